The molecule has 0 bridgehead atoms. The topological polar surface area (TPSA) is 93.4 Å². The summed E-state index contributed by atoms with van der Waals surface area (Å²) in [5.74, 6) is -3.95. The molecule has 0 aliphatic heterocycles. The lowest BCUT2D eigenvalue weighted by Gasteiger charge is -2.23. The highest BCUT2D eigenvalue weighted by atomic mass is 35.5. The first-order chi connectivity index (χ1) is 12.4. The number of aliphatic carboxylic acids is 1. The van der Waals surface area contributed by atoms with Crippen molar-refractivity contribution in [2.24, 2.45) is 0 Å². The Kier molecular flexibility index (Phi) is 5.77. The smallest absolute Gasteiger partial charge is 0.324 e. The van der Waals surface area contributed by atoms with Gasteiger partial charge < -0.3 is 9.67 Å². The normalized spacial score (nSPS) is 14.0. The molecule has 1 atom stereocenters. The number of rotatable bonds is 6. The van der Waals surface area contributed by atoms with Gasteiger partial charge in [0.2, 0.25) is 0 Å². The second-order valence-electron chi connectivity index (χ2n) is 6.23. The van der Waals surface area contributed by atoms with Crippen molar-refractivity contribution in [2.45, 2.75) is 24.6 Å². The minimum Gasteiger partial charge on any atom is -0.480 e. The second-order valence-corrected chi connectivity index (χ2v) is 9.08. The molecule has 27 heavy (non-hydrogen) atoms. The van der Waals surface area contributed by atoms with Crippen LogP contribution in [0.4, 0.5) is 8.78 Å². The van der Waals surface area contributed by atoms with Crippen molar-refractivity contribution < 1.29 is 27.1 Å². The van der Waals surface area contributed by atoms with Gasteiger partial charge in [-0.05, 0) is 37.1 Å². The molecule has 0 aliphatic rings. The first kappa shape index (κ1) is 21.0. The van der Waals surface area contributed by atoms with Gasteiger partial charge in [-0.1, -0.05) is 11.6 Å². The van der Waals surface area contributed by atoms with Gasteiger partial charge in [-0.3, -0.25) is 9.59 Å². The van der Waals surface area contributed by atoms with Crippen molar-refractivity contribution in [1.82, 2.24) is 4.57 Å². The Bertz CT molecular complexity index is 1070. The SMILES string of the molecule is C[C@@](CCn1ccc(-c2ccc(Cl)c(F)c2F)cc1=O)(C(=O)O)S(C)(=O)=O. The highest BCUT2D eigenvalue weighted by Crippen LogP contribution is 2.28. The maximum Gasteiger partial charge on any atom is 0.324 e. The van der Waals surface area contributed by atoms with Crippen LogP contribution in [0, 0.1) is 11.6 Å². The zero-order chi connectivity index (χ0) is 20.6. The summed E-state index contributed by atoms with van der Waals surface area (Å²) in [6, 6.07) is 4.77. The quantitative estimate of drug-likeness (QED) is 0.726. The molecule has 0 fully saturated rings. The minimum atomic E-state index is -3.93. The van der Waals surface area contributed by atoms with Crippen LogP contribution in [-0.4, -0.2) is 35.1 Å². The first-order valence-corrected chi connectivity index (χ1v) is 9.93. The molecule has 146 valence electrons. The Hall–Kier alpha value is -2.26. The standard InChI is InChI=1S/C17H16ClF2NO5S/c1-17(16(23)24,27(2,25)26)6-8-21-7-5-10(9-13(21)22)11-3-4-12(18)15(20)14(11)19/h3-5,7,9H,6,8H2,1-2H3,(H,23,24)/t17-/m1/s1. The molecule has 0 saturated heterocycles. The summed E-state index contributed by atoms with van der Waals surface area (Å²) in [5.41, 5.74) is -0.676. The summed E-state index contributed by atoms with van der Waals surface area (Å²) in [6.07, 6.45) is 1.73. The molecule has 6 nitrogen and oxygen atoms in total. The van der Waals surface area contributed by atoms with Gasteiger partial charge in [-0.15, -0.1) is 0 Å². The van der Waals surface area contributed by atoms with Crippen molar-refractivity contribution in [3.8, 4) is 11.1 Å². The molecule has 0 unspecified atom stereocenters. The Labute approximate surface area is 158 Å². The maximum atomic E-state index is 14.0. The lowest BCUT2D eigenvalue weighted by Crippen LogP contribution is -2.44. The van der Waals surface area contributed by atoms with Crippen LogP contribution in [0.3, 0.4) is 0 Å². The predicted octanol–water partition coefficient (Wildman–Crippen LogP) is 2.72. The molecule has 1 aromatic heterocycles. The fourth-order valence-electron chi connectivity index (χ4n) is 2.39. The van der Waals surface area contributed by atoms with Gasteiger partial charge in [-0.2, -0.15) is 0 Å². The van der Waals surface area contributed by atoms with E-state index in [0.717, 1.165) is 29.9 Å². The van der Waals surface area contributed by atoms with E-state index in [1.54, 1.807) is 0 Å². The number of hydrogen-bond donors (Lipinski definition) is 1. The molecule has 0 amide bonds. The van der Waals surface area contributed by atoms with E-state index in [1.807, 2.05) is 0 Å². The fraction of sp³-hybridized carbons (Fsp3) is 0.294. The fourth-order valence-corrected chi connectivity index (χ4v) is 3.32. The molecule has 0 aliphatic carbocycles. The van der Waals surface area contributed by atoms with E-state index < -0.39 is 42.8 Å². The molecule has 1 heterocycles. The molecule has 2 aromatic rings. The van der Waals surface area contributed by atoms with Crippen LogP contribution < -0.4 is 5.56 Å². The molecule has 1 aromatic carbocycles. The molecule has 0 saturated carbocycles. The number of carbonyl (C=O) groups is 1. The van der Waals surface area contributed by atoms with Gasteiger partial charge in [0.25, 0.3) is 5.56 Å². The van der Waals surface area contributed by atoms with Gasteiger partial charge >= 0.3 is 5.97 Å². The lowest BCUT2D eigenvalue weighted by molar-refractivity contribution is -0.139. The van der Waals surface area contributed by atoms with Crippen LogP contribution in [-0.2, 0) is 21.2 Å². The van der Waals surface area contributed by atoms with Crippen LogP contribution in [0.25, 0.3) is 11.1 Å². The Morgan fingerprint density at radius 3 is 2.41 bits per heavy atom. The van der Waals surface area contributed by atoms with E-state index in [-0.39, 0.29) is 24.1 Å². The van der Waals surface area contributed by atoms with Gasteiger partial charge in [0.15, 0.2) is 26.2 Å². The third kappa shape index (κ3) is 4.03. The summed E-state index contributed by atoms with van der Waals surface area (Å²) in [6.45, 7) is 0.877. The molecular formula is C17H16ClF2NO5S. The van der Waals surface area contributed by atoms with E-state index in [4.69, 9.17) is 11.6 Å². The van der Waals surface area contributed by atoms with Crippen LogP contribution in [0.2, 0.25) is 5.02 Å². The largest absolute Gasteiger partial charge is 0.480 e. The van der Waals surface area contributed by atoms with Gasteiger partial charge in [0.1, 0.15) is 0 Å². The van der Waals surface area contributed by atoms with E-state index >= 15 is 0 Å². The molecular weight excluding hydrogens is 404 g/mol. The third-order valence-electron chi connectivity index (χ3n) is 4.44. The monoisotopic (exact) mass is 419 g/mol. The van der Waals surface area contributed by atoms with E-state index in [0.29, 0.717) is 0 Å². The van der Waals surface area contributed by atoms with Gasteiger partial charge in [0, 0.05) is 30.6 Å². The Morgan fingerprint density at radius 2 is 1.89 bits per heavy atom. The van der Waals surface area contributed by atoms with Gasteiger partial charge in [0.05, 0.1) is 5.02 Å². The molecule has 2 rings (SSSR count). The zero-order valence-electron chi connectivity index (χ0n) is 14.4. The van der Waals surface area contributed by atoms with Crippen molar-refractivity contribution in [2.75, 3.05) is 6.26 Å². The highest BCUT2D eigenvalue weighted by molar-refractivity contribution is 7.92. The number of carboxylic acids is 1. The van der Waals surface area contributed by atoms with Crippen LogP contribution in [0.15, 0.2) is 35.3 Å². The molecule has 1 N–H and O–H groups in total. The number of benzene rings is 1. The number of sulfone groups is 1. The van der Waals surface area contributed by atoms with Crippen molar-refractivity contribution in [1.29, 1.82) is 0 Å². The number of aryl methyl sites for hydroxylation is 1. The van der Waals surface area contributed by atoms with Crippen molar-refractivity contribution >= 4 is 27.4 Å². The predicted molar refractivity (Wildman–Crippen MR) is 96.6 cm³/mol. The summed E-state index contributed by atoms with van der Waals surface area (Å²) >= 11 is 5.50. The molecule has 0 spiro atoms. The number of carboxylic acid groups (broad SMARTS) is 1. The van der Waals surface area contributed by atoms with Crippen LogP contribution in [0.5, 0.6) is 0 Å². The van der Waals surface area contributed by atoms with Crippen LogP contribution in [0.1, 0.15) is 13.3 Å². The van der Waals surface area contributed by atoms with E-state index in [9.17, 15) is 31.9 Å². The summed E-state index contributed by atoms with van der Waals surface area (Å²) in [5, 5.41) is 8.84. The van der Waals surface area contributed by atoms with E-state index in [2.05, 4.69) is 0 Å². The number of aromatic nitrogens is 1. The number of pyridine rings is 1. The number of nitrogens with zero attached hydrogens (tertiary/aromatic N) is 1. The summed E-state index contributed by atoms with van der Waals surface area (Å²) < 4.78 is 50.2. The minimum absolute atomic E-state index is 0.105. The first-order valence-electron chi connectivity index (χ1n) is 7.66. The maximum absolute atomic E-state index is 14.0. The average Bonchev–Trinajstić information content (AvgIpc) is 2.57. The number of hydrogen-bond acceptors (Lipinski definition) is 4. The third-order valence-corrected chi connectivity index (χ3v) is 6.75. The average molecular weight is 420 g/mol. The molecule has 0 radical (unpaired) electrons. The summed E-state index contributed by atoms with van der Waals surface area (Å²) in [4.78, 5) is 23.6. The van der Waals surface area contributed by atoms with Crippen molar-refractivity contribution in [3.63, 3.8) is 0 Å². The Balaban J connectivity index is 2.35. The lowest BCUT2D eigenvalue weighted by atomic mass is 10.1. The Morgan fingerprint density at radius 1 is 1.26 bits per heavy atom. The van der Waals surface area contributed by atoms with E-state index in [1.165, 1.54) is 18.3 Å². The second kappa shape index (κ2) is 7.40. The highest BCUT2D eigenvalue weighted by Gasteiger charge is 2.43. The zero-order valence-corrected chi connectivity index (χ0v) is 15.9. The van der Waals surface area contributed by atoms with Crippen LogP contribution >= 0.6 is 11.6 Å². The molecule has 10 heteroatoms. The van der Waals surface area contributed by atoms with Crippen molar-refractivity contribution in [3.05, 3.63) is 57.5 Å². The summed E-state index contributed by atoms with van der Waals surface area (Å²) in [7, 11) is -3.93. The van der Waals surface area contributed by atoms with Gasteiger partial charge in [-0.25, -0.2) is 17.2 Å². The number of halogens is 3.